The zero-order valence-electron chi connectivity index (χ0n) is 24.7. The van der Waals surface area contributed by atoms with Crippen LogP contribution in [-0.4, -0.2) is 89.4 Å². The van der Waals surface area contributed by atoms with Crippen molar-refractivity contribution in [2.75, 3.05) is 54.5 Å². The average molecular weight is 580 g/mol. The maximum atomic E-state index is 14.7. The van der Waals surface area contributed by atoms with Gasteiger partial charge in [0.1, 0.15) is 36.2 Å². The Balaban J connectivity index is 1.33. The quantitative estimate of drug-likeness (QED) is 0.199. The van der Waals surface area contributed by atoms with Crippen molar-refractivity contribution < 1.29 is 13.9 Å². The molecule has 6 aromatic rings. The number of H-pyrrole nitrogens is 2. The fraction of sp³-hybridized carbons (Fsp3) is 0.242. The van der Waals surface area contributed by atoms with Crippen LogP contribution in [-0.2, 0) is 0 Å². The number of benzene rings is 2. The Bertz CT molecular complexity index is 1880. The van der Waals surface area contributed by atoms with Crippen LogP contribution in [0.2, 0.25) is 0 Å². The van der Waals surface area contributed by atoms with Gasteiger partial charge in [-0.3, -0.25) is 15.1 Å². The molecule has 0 aliphatic rings. The van der Waals surface area contributed by atoms with Crippen LogP contribution in [0.4, 0.5) is 4.39 Å². The Labute approximate surface area is 249 Å². The number of likely N-dealkylation sites (N-methyl/N-ethyl adjacent to an activating group) is 2. The molecule has 0 saturated carbocycles. The molecular weight excluding hydrogens is 545 g/mol. The Morgan fingerprint density at radius 3 is 2.23 bits per heavy atom. The van der Waals surface area contributed by atoms with Crippen molar-refractivity contribution >= 4 is 21.8 Å². The van der Waals surface area contributed by atoms with Gasteiger partial charge in [0.05, 0.1) is 29.1 Å². The monoisotopic (exact) mass is 579 g/mol. The minimum Gasteiger partial charge on any atom is -0.492 e. The van der Waals surface area contributed by atoms with Gasteiger partial charge in [-0.05, 0) is 75.7 Å². The number of halogens is 1. The summed E-state index contributed by atoms with van der Waals surface area (Å²) in [5.74, 6) is 0.848. The first kappa shape index (κ1) is 28.3. The fourth-order valence-electron chi connectivity index (χ4n) is 4.96. The number of pyridine rings is 2. The number of nitrogens with zero attached hydrogens (tertiary/aromatic N) is 5. The van der Waals surface area contributed by atoms with Crippen LogP contribution in [0.25, 0.3) is 55.4 Å². The van der Waals surface area contributed by atoms with Gasteiger partial charge in [-0.2, -0.15) is 5.10 Å². The second kappa shape index (κ2) is 12.2. The van der Waals surface area contributed by atoms with E-state index in [0.29, 0.717) is 24.5 Å². The van der Waals surface area contributed by atoms with Crippen LogP contribution >= 0.6 is 0 Å². The molecule has 4 heterocycles. The molecule has 4 aromatic heterocycles. The van der Waals surface area contributed by atoms with Gasteiger partial charge in [0.25, 0.3) is 0 Å². The van der Waals surface area contributed by atoms with Crippen LogP contribution in [0.1, 0.15) is 0 Å². The highest BCUT2D eigenvalue weighted by Gasteiger charge is 2.16. The number of aromatic nitrogens is 5. The number of aromatic amines is 2. The van der Waals surface area contributed by atoms with Crippen molar-refractivity contribution in [2.45, 2.75) is 0 Å². The van der Waals surface area contributed by atoms with Gasteiger partial charge in [0, 0.05) is 53.4 Å². The molecule has 0 aliphatic carbocycles. The number of hydrogen-bond donors (Lipinski definition) is 2. The van der Waals surface area contributed by atoms with Gasteiger partial charge in [-0.25, -0.2) is 4.39 Å². The Hall–Kier alpha value is -4.80. The zero-order chi connectivity index (χ0) is 29.9. The van der Waals surface area contributed by atoms with E-state index in [9.17, 15) is 4.39 Å². The fourth-order valence-corrected chi connectivity index (χ4v) is 4.96. The summed E-state index contributed by atoms with van der Waals surface area (Å²) in [6, 6.07) is 15.0. The first-order chi connectivity index (χ1) is 20.8. The van der Waals surface area contributed by atoms with Crippen LogP contribution in [0, 0.1) is 5.82 Å². The maximum Gasteiger partial charge on any atom is 0.138 e. The number of hydrogen-bond acceptors (Lipinski definition) is 7. The van der Waals surface area contributed by atoms with E-state index < -0.39 is 0 Å². The van der Waals surface area contributed by atoms with Gasteiger partial charge < -0.3 is 24.3 Å². The first-order valence-corrected chi connectivity index (χ1v) is 14.1. The second-order valence-corrected chi connectivity index (χ2v) is 11.1. The van der Waals surface area contributed by atoms with Crippen LogP contribution in [0.15, 0.2) is 73.3 Å². The highest BCUT2D eigenvalue weighted by Crippen LogP contribution is 2.36. The van der Waals surface area contributed by atoms with E-state index in [1.165, 1.54) is 12.1 Å². The van der Waals surface area contributed by atoms with Gasteiger partial charge in [0.15, 0.2) is 0 Å². The second-order valence-electron chi connectivity index (χ2n) is 11.1. The molecule has 220 valence electrons. The van der Waals surface area contributed by atoms with Crippen molar-refractivity contribution in [1.29, 1.82) is 0 Å². The number of ether oxygens (including phenoxy) is 2. The number of rotatable bonds is 11. The molecule has 0 bridgehead atoms. The van der Waals surface area contributed by atoms with E-state index in [1.807, 2.05) is 69.6 Å². The lowest BCUT2D eigenvalue weighted by atomic mass is 10.0. The van der Waals surface area contributed by atoms with E-state index in [4.69, 9.17) is 9.47 Å². The molecule has 9 nitrogen and oxygen atoms in total. The maximum absolute atomic E-state index is 14.7. The molecule has 0 spiro atoms. The molecular formula is C33H34FN7O2. The molecule has 2 N–H and O–H groups in total. The molecule has 0 amide bonds. The molecule has 0 radical (unpaired) electrons. The summed E-state index contributed by atoms with van der Waals surface area (Å²) in [6.07, 6.45) is 7.08. The number of nitrogens with one attached hydrogen (secondary N) is 2. The molecule has 0 saturated heterocycles. The van der Waals surface area contributed by atoms with E-state index in [0.717, 1.165) is 68.7 Å². The van der Waals surface area contributed by atoms with Crippen LogP contribution in [0.3, 0.4) is 0 Å². The SMILES string of the molecule is CN(C)CCOc1cncc(-c2ccc3[nH]nc(-c4cc5c(-c6cc(F)cc(OCCN(C)C)c6)cncc5[nH]4)c3c2)c1. The summed E-state index contributed by atoms with van der Waals surface area (Å²) in [5.41, 5.74) is 6.78. The highest BCUT2D eigenvalue weighted by molar-refractivity contribution is 6.01. The van der Waals surface area contributed by atoms with Crippen molar-refractivity contribution in [3.8, 4) is 45.1 Å². The highest BCUT2D eigenvalue weighted by atomic mass is 19.1. The Morgan fingerprint density at radius 2 is 1.44 bits per heavy atom. The lowest BCUT2D eigenvalue weighted by Gasteiger charge is -2.12. The summed E-state index contributed by atoms with van der Waals surface area (Å²) in [4.78, 5) is 16.4. The molecule has 2 aromatic carbocycles. The van der Waals surface area contributed by atoms with Crippen molar-refractivity contribution in [2.24, 2.45) is 0 Å². The zero-order valence-corrected chi connectivity index (χ0v) is 24.7. The van der Waals surface area contributed by atoms with Gasteiger partial charge in [0.2, 0.25) is 0 Å². The van der Waals surface area contributed by atoms with Gasteiger partial charge in [-0.15, -0.1) is 0 Å². The summed E-state index contributed by atoms with van der Waals surface area (Å²) in [7, 11) is 7.97. The minimum absolute atomic E-state index is 0.363. The molecule has 0 atom stereocenters. The largest absolute Gasteiger partial charge is 0.492 e. The predicted octanol–water partition coefficient (Wildman–Crippen LogP) is 5.86. The summed E-state index contributed by atoms with van der Waals surface area (Å²) in [5, 5.41) is 9.66. The van der Waals surface area contributed by atoms with E-state index in [2.05, 4.69) is 36.1 Å². The number of fused-ring (bicyclic) bond motifs is 2. The van der Waals surface area contributed by atoms with E-state index in [1.54, 1.807) is 18.6 Å². The third-order valence-corrected chi connectivity index (χ3v) is 7.21. The molecule has 43 heavy (non-hydrogen) atoms. The molecule has 6 rings (SSSR count). The molecule has 0 fully saturated rings. The molecule has 10 heteroatoms. The Kier molecular flexibility index (Phi) is 8.04. The molecule has 0 unspecified atom stereocenters. The van der Waals surface area contributed by atoms with Crippen LogP contribution < -0.4 is 9.47 Å². The lowest BCUT2D eigenvalue weighted by Crippen LogP contribution is -2.19. The summed E-state index contributed by atoms with van der Waals surface area (Å²) in [6.45, 7) is 2.60. The third-order valence-electron chi connectivity index (χ3n) is 7.21. The van der Waals surface area contributed by atoms with E-state index >= 15 is 0 Å². The summed E-state index contributed by atoms with van der Waals surface area (Å²) < 4.78 is 26.4. The smallest absolute Gasteiger partial charge is 0.138 e. The van der Waals surface area contributed by atoms with Gasteiger partial charge in [-0.1, -0.05) is 6.07 Å². The average Bonchev–Trinajstić information content (AvgIpc) is 3.60. The predicted molar refractivity (Wildman–Crippen MR) is 168 cm³/mol. The normalized spacial score (nSPS) is 11.7. The van der Waals surface area contributed by atoms with E-state index in [-0.39, 0.29) is 5.82 Å². The summed E-state index contributed by atoms with van der Waals surface area (Å²) >= 11 is 0. The van der Waals surface area contributed by atoms with Crippen molar-refractivity contribution in [3.05, 3.63) is 79.1 Å². The third kappa shape index (κ3) is 6.35. The molecule has 0 aliphatic heterocycles. The van der Waals surface area contributed by atoms with Crippen molar-refractivity contribution in [3.63, 3.8) is 0 Å². The lowest BCUT2D eigenvalue weighted by molar-refractivity contribution is 0.260. The standard InChI is InChI=1S/C33H34FN7O2/c1-40(2)7-9-42-25-12-22(11-24(34)15-25)29-19-36-20-32-27(29)16-31(37-32)33-28-14-21(5-6-30(28)38-39-33)23-13-26(18-35-17-23)43-10-8-41(3)4/h5-6,11-20,37H,7-10H2,1-4H3,(H,38,39). The van der Waals surface area contributed by atoms with Gasteiger partial charge >= 0.3 is 0 Å². The van der Waals surface area contributed by atoms with Crippen molar-refractivity contribution in [1.82, 2.24) is 34.9 Å². The Morgan fingerprint density at radius 1 is 0.698 bits per heavy atom. The van der Waals surface area contributed by atoms with Crippen LogP contribution in [0.5, 0.6) is 11.5 Å². The topological polar surface area (TPSA) is 95.2 Å². The first-order valence-electron chi connectivity index (χ1n) is 14.1. The minimum atomic E-state index is -0.363.